The van der Waals surface area contributed by atoms with Crippen molar-refractivity contribution in [2.24, 2.45) is 0 Å². The van der Waals surface area contributed by atoms with Crippen molar-refractivity contribution in [3.63, 3.8) is 0 Å². The highest BCUT2D eigenvalue weighted by atomic mass is 32.1. The molecule has 0 radical (unpaired) electrons. The second-order valence-electron chi connectivity index (χ2n) is 3.98. The molecule has 88 valence electrons. The Morgan fingerprint density at radius 1 is 1.24 bits per heavy atom. The van der Waals surface area contributed by atoms with Crippen LogP contribution in [0.4, 0.5) is 0 Å². The van der Waals surface area contributed by atoms with Crippen molar-refractivity contribution in [3.05, 3.63) is 52.5 Å². The summed E-state index contributed by atoms with van der Waals surface area (Å²) in [5.41, 5.74) is 1.30. The molecule has 0 aliphatic carbocycles. The van der Waals surface area contributed by atoms with Crippen LogP contribution in [0.1, 0.15) is 23.4 Å². The number of thiazole rings is 1. The van der Waals surface area contributed by atoms with Gasteiger partial charge in [0.2, 0.25) is 0 Å². The molecule has 0 bridgehead atoms. The number of ketones is 1. The van der Waals surface area contributed by atoms with Crippen molar-refractivity contribution < 1.29 is 4.79 Å². The largest absolute Gasteiger partial charge is 0.299 e. The fraction of sp³-hybridized carbons (Fsp3) is 0.286. The molecule has 0 saturated carbocycles. The molecule has 0 amide bonds. The van der Waals surface area contributed by atoms with Gasteiger partial charge in [0.1, 0.15) is 5.78 Å². The van der Waals surface area contributed by atoms with Gasteiger partial charge in [-0.15, -0.1) is 11.3 Å². The normalized spacial score (nSPS) is 10.4. The molecule has 0 spiro atoms. The van der Waals surface area contributed by atoms with E-state index in [1.165, 1.54) is 5.56 Å². The van der Waals surface area contributed by atoms with Crippen molar-refractivity contribution in [3.8, 4) is 0 Å². The highest BCUT2D eigenvalue weighted by Gasteiger charge is 2.05. The Morgan fingerprint density at radius 2 is 2.06 bits per heavy atom. The molecule has 0 saturated heterocycles. The number of hydrogen-bond donors (Lipinski definition) is 0. The molecule has 0 fully saturated rings. The lowest BCUT2D eigenvalue weighted by molar-refractivity contribution is -0.118. The van der Waals surface area contributed by atoms with Crippen LogP contribution >= 0.6 is 11.3 Å². The van der Waals surface area contributed by atoms with Gasteiger partial charge in [-0.2, -0.15) is 0 Å². The Kier molecular flexibility index (Phi) is 4.45. The first-order valence-corrected chi connectivity index (χ1v) is 6.66. The van der Waals surface area contributed by atoms with Crippen LogP contribution in [0.25, 0.3) is 0 Å². The predicted molar refractivity (Wildman–Crippen MR) is 70.2 cm³/mol. The minimum Gasteiger partial charge on any atom is -0.299 e. The maximum atomic E-state index is 11.7. The first-order chi connectivity index (χ1) is 8.34. The zero-order chi connectivity index (χ0) is 11.9. The van der Waals surface area contributed by atoms with Crippen LogP contribution in [0.15, 0.2) is 41.9 Å². The fourth-order valence-corrected chi connectivity index (χ4v) is 2.38. The number of benzene rings is 1. The van der Waals surface area contributed by atoms with Gasteiger partial charge < -0.3 is 0 Å². The van der Waals surface area contributed by atoms with E-state index in [1.807, 2.05) is 23.6 Å². The van der Waals surface area contributed by atoms with Crippen LogP contribution in [-0.2, 0) is 17.6 Å². The molecular weight excluding hydrogens is 230 g/mol. The van der Waals surface area contributed by atoms with E-state index in [4.69, 9.17) is 0 Å². The maximum Gasteiger partial charge on any atom is 0.139 e. The summed E-state index contributed by atoms with van der Waals surface area (Å²) in [6, 6.07) is 10.3. The summed E-state index contributed by atoms with van der Waals surface area (Å²) in [5, 5.41) is 2.83. The minimum absolute atomic E-state index is 0.288. The molecule has 17 heavy (non-hydrogen) atoms. The van der Waals surface area contributed by atoms with Gasteiger partial charge in [0.15, 0.2) is 0 Å². The smallest absolute Gasteiger partial charge is 0.139 e. The highest BCUT2D eigenvalue weighted by molar-refractivity contribution is 7.09. The van der Waals surface area contributed by atoms with E-state index in [0.29, 0.717) is 12.8 Å². The second-order valence-corrected chi connectivity index (χ2v) is 4.96. The molecule has 3 heteroatoms. The van der Waals surface area contributed by atoms with Crippen molar-refractivity contribution in [2.75, 3.05) is 0 Å². The van der Waals surface area contributed by atoms with E-state index in [1.54, 1.807) is 17.5 Å². The van der Waals surface area contributed by atoms with Gasteiger partial charge >= 0.3 is 0 Å². The number of carbonyl (C=O) groups excluding carboxylic acids is 1. The summed E-state index contributed by atoms with van der Waals surface area (Å²) >= 11 is 1.55. The topological polar surface area (TPSA) is 30.0 Å². The number of hydrogen-bond acceptors (Lipinski definition) is 3. The van der Waals surface area contributed by atoms with Crippen molar-refractivity contribution in [1.82, 2.24) is 4.98 Å². The molecule has 1 aromatic heterocycles. The van der Waals surface area contributed by atoms with Crippen LogP contribution in [0.2, 0.25) is 0 Å². The van der Waals surface area contributed by atoms with Crippen LogP contribution in [0, 0.1) is 0 Å². The van der Waals surface area contributed by atoms with Crippen LogP contribution in [-0.4, -0.2) is 10.8 Å². The third kappa shape index (κ3) is 4.11. The van der Waals surface area contributed by atoms with Crippen LogP contribution in [0.5, 0.6) is 0 Å². The molecule has 2 aromatic rings. The number of Topliss-reactive ketones (excluding diaryl/α,β-unsaturated/α-hetero) is 1. The summed E-state index contributed by atoms with van der Waals surface area (Å²) in [6.45, 7) is 0. The Bertz CT molecular complexity index is 450. The monoisotopic (exact) mass is 245 g/mol. The quantitative estimate of drug-likeness (QED) is 0.781. The summed E-state index contributed by atoms with van der Waals surface area (Å²) in [7, 11) is 0. The lowest BCUT2D eigenvalue weighted by atomic mass is 10.1. The molecule has 0 N–H and O–H groups in total. The fourth-order valence-electron chi connectivity index (χ4n) is 1.73. The van der Waals surface area contributed by atoms with E-state index in [-0.39, 0.29) is 5.78 Å². The third-order valence-electron chi connectivity index (χ3n) is 2.60. The number of aromatic nitrogens is 1. The molecule has 0 unspecified atom stereocenters. The number of nitrogens with zero attached hydrogens (tertiary/aromatic N) is 1. The second kappa shape index (κ2) is 6.30. The van der Waals surface area contributed by atoms with E-state index in [9.17, 15) is 4.79 Å². The van der Waals surface area contributed by atoms with Crippen molar-refractivity contribution in [1.29, 1.82) is 0 Å². The van der Waals surface area contributed by atoms with Crippen LogP contribution in [0.3, 0.4) is 0 Å². The van der Waals surface area contributed by atoms with Gasteiger partial charge in [-0.05, 0) is 18.4 Å². The molecular formula is C14H15NOS. The molecule has 1 aromatic carbocycles. The van der Waals surface area contributed by atoms with Gasteiger partial charge in [-0.1, -0.05) is 30.3 Å². The summed E-state index contributed by atoms with van der Waals surface area (Å²) in [4.78, 5) is 15.8. The SMILES string of the molecule is O=C(CCCc1ccccc1)Cc1nccs1. The van der Waals surface area contributed by atoms with Gasteiger partial charge in [0.05, 0.1) is 11.4 Å². The minimum atomic E-state index is 0.288. The molecule has 2 nitrogen and oxygen atoms in total. The number of aryl methyl sites for hydroxylation is 1. The summed E-state index contributed by atoms with van der Waals surface area (Å²) in [6.07, 6.45) is 4.79. The molecule has 0 aliphatic rings. The zero-order valence-electron chi connectivity index (χ0n) is 9.63. The lowest BCUT2D eigenvalue weighted by Crippen LogP contribution is -2.02. The number of carbonyl (C=O) groups is 1. The first-order valence-electron chi connectivity index (χ1n) is 5.78. The lowest BCUT2D eigenvalue weighted by Gasteiger charge is -2.00. The van der Waals surface area contributed by atoms with Crippen molar-refractivity contribution in [2.45, 2.75) is 25.7 Å². The molecule has 0 aliphatic heterocycles. The van der Waals surface area contributed by atoms with E-state index >= 15 is 0 Å². The van der Waals surface area contributed by atoms with Crippen molar-refractivity contribution >= 4 is 17.1 Å². The standard InChI is InChI=1S/C14H15NOS/c16-13(11-14-15-9-10-17-14)8-4-7-12-5-2-1-3-6-12/h1-3,5-6,9-10H,4,7-8,11H2. The Labute approximate surface area is 105 Å². The molecule has 1 heterocycles. The summed E-state index contributed by atoms with van der Waals surface area (Å²) < 4.78 is 0. The predicted octanol–water partition coefficient (Wildman–Crippen LogP) is 3.28. The Balaban J connectivity index is 1.70. The van der Waals surface area contributed by atoms with Gasteiger partial charge in [-0.25, -0.2) is 4.98 Å². The van der Waals surface area contributed by atoms with Gasteiger partial charge in [-0.3, -0.25) is 4.79 Å². The highest BCUT2D eigenvalue weighted by Crippen LogP contribution is 2.09. The van der Waals surface area contributed by atoms with E-state index in [0.717, 1.165) is 17.8 Å². The first kappa shape index (κ1) is 12.0. The zero-order valence-corrected chi connectivity index (χ0v) is 10.5. The molecule has 2 rings (SSSR count). The van der Waals surface area contributed by atoms with Gasteiger partial charge in [0, 0.05) is 18.0 Å². The average Bonchev–Trinajstić information content (AvgIpc) is 2.83. The Morgan fingerprint density at radius 3 is 2.76 bits per heavy atom. The third-order valence-corrected chi connectivity index (χ3v) is 3.38. The van der Waals surface area contributed by atoms with Gasteiger partial charge in [0.25, 0.3) is 0 Å². The van der Waals surface area contributed by atoms with Crippen LogP contribution < -0.4 is 0 Å². The molecule has 0 atom stereocenters. The van der Waals surface area contributed by atoms with E-state index in [2.05, 4.69) is 17.1 Å². The Hall–Kier alpha value is -1.48. The van der Waals surface area contributed by atoms with E-state index < -0.39 is 0 Å². The average molecular weight is 245 g/mol. The number of rotatable bonds is 6. The maximum absolute atomic E-state index is 11.7. The summed E-state index contributed by atoms with van der Waals surface area (Å²) in [5.74, 6) is 0.288.